The van der Waals surface area contributed by atoms with Gasteiger partial charge in [0.1, 0.15) is 5.75 Å². The van der Waals surface area contributed by atoms with Crippen molar-refractivity contribution in [2.45, 2.75) is 13.0 Å². The van der Waals surface area contributed by atoms with Crippen LogP contribution in [-0.4, -0.2) is 30.9 Å². The average Bonchev–Trinajstić information content (AvgIpc) is 2.61. The molecule has 0 heterocycles. The fourth-order valence-electron chi connectivity index (χ4n) is 2.17. The van der Waals surface area contributed by atoms with E-state index in [1.807, 2.05) is 36.4 Å². The van der Waals surface area contributed by atoms with Gasteiger partial charge >= 0.3 is 12.1 Å². The highest BCUT2D eigenvalue weighted by Crippen LogP contribution is 2.12. The predicted molar refractivity (Wildman–Crippen MR) is 95.0 cm³/mol. The topological polar surface area (TPSA) is 99.7 Å². The van der Waals surface area contributed by atoms with Crippen molar-refractivity contribution >= 4 is 17.8 Å². The molecule has 0 radical (unpaired) electrons. The summed E-state index contributed by atoms with van der Waals surface area (Å²) in [6.07, 6.45) is -0.442. The molecule has 0 aromatic heterocycles. The zero-order valence-electron chi connectivity index (χ0n) is 13.9. The van der Waals surface area contributed by atoms with E-state index < -0.39 is 6.09 Å². The molecular weight excluding hydrogens is 322 g/mol. The minimum absolute atomic E-state index is 0.295. The lowest BCUT2D eigenvalue weighted by Crippen LogP contribution is -2.28. The number of urea groups is 1. The number of ether oxygens (including phenoxy) is 1. The van der Waals surface area contributed by atoms with Gasteiger partial charge in [0.15, 0.2) is 0 Å². The molecule has 132 valence electrons. The van der Waals surface area contributed by atoms with Gasteiger partial charge in [0.05, 0.1) is 7.11 Å². The summed E-state index contributed by atoms with van der Waals surface area (Å²) in [4.78, 5) is 22.3. The lowest BCUT2D eigenvalue weighted by Gasteiger charge is -2.09. The number of hydrogen-bond donors (Lipinski definition) is 4. The molecule has 7 heteroatoms. The van der Waals surface area contributed by atoms with E-state index >= 15 is 0 Å². The third-order valence-corrected chi connectivity index (χ3v) is 3.51. The maximum absolute atomic E-state index is 11.9. The molecule has 0 aliphatic heterocycles. The number of carboxylic acid groups (broad SMARTS) is 1. The maximum Gasteiger partial charge on any atom is 0.404 e. The van der Waals surface area contributed by atoms with Crippen LogP contribution in [0.3, 0.4) is 0 Å². The van der Waals surface area contributed by atoms with E-state index in [4.69, 9.17) is 9.84 Å². The number of amides is 3. The number of carbonyl (C=O) groups excluding carboxylic acids is 1. The normalized spacial score (nSPS) is 9.96. The fourth-order valence-corrected chi connectivity index (χ4v) is 2.17. The number of methoxy groups -OCH3 is 1. The van der Waals surface area contributed by atoms with Crippen molar-refractivity contribution in [2.24, 2.45) is 0 Å². The Bertz CT molecular complexity index is 699. The highest BCUT2D eigenvalue weighted by atomic mass is 16.5. The highest BCUT2D eigenvalue weighted by Gasteiger charge is 2.03. The van der Waals surface area contributed by atoms with Crippen LogP contribution in [0.15, 0.2) is 48.5 Å². The zero-order chi connectivity index (χ0) is 18.1. The molecule has 7 nitrogen and oxygen atoms in total. The first-order valence-corrected chi connectivity index (χ1v) is 7.80. The average molecular weight is 343 g/mol. The monoisotopic (exact) mass is 343 g/mol. The molecule has 0 saturated heterocycles. The number of benzene rings is 2. The molecule has 0 spiro atoms. The molecule has 2 aromatic carbocycles. The third kappa shape index (κ3) is 6.42. The fraction of sp³-hybridized carbons (Fsp3) is 0.222. The van der Waals surface area contributed by atoms with Gasteiger partial charge in [-0.05, 0) is 41.8 Å². The molecule has 0 aliphatic carbocycles. The molecule has 4 N–H and O–H groups in total. The Kier molecular flexibility index (Phi) is 6.65. The minimum atomic E-state index is -1.04. The van der Waals surface area contributed by atoms with Crippen molar-refractivity contribution in [1.29, 1.82) is 0 Å². The van der Waals surface area contributed by atoms with E-state index in [1.54, 1.807) is 19.2 Å². The predicted octanol–water partition coefficient (Wildman–Crippen LogP) is 2.83. The standard InChI is InChI=1S/C18H21N3O4/c1-25-16-8-4-14(5-9-16)12-20-17(22)21-15-6-2-13(3-7-15)10-11-19-18(23)24/h2-9,19H,10-12H2,1H3,(H,23,24)(H2,20,21,22). The summed E-state index contributed by atoms with van der Waals surface area (Å²) < 4.78 is 5.09. The minimum Gasteiger partial charge on any atom is -0.497 e. The molecular formula is C18H21N3O4. The maximum atomic E-state index is 11.9. The van der Waals surface area contributed by atoms with E-state index in [1.165, 1.54) is 0 Å². The lowest BCUT2D eigenvalue weighted by atomic mass is 10.1. The van der Waals surface area contributed by atoms with Gasteiger partial charge in [0.25, 0.3) is 0 Å². The number of hydrogen-bond acceptors (Lipinski definition) is 3. The largest absolute Gasteiger partial charge is 0.497 e. The first-order valence-electron chi connectivity index (χ1n) is 7.80. The second kappa shape index (κ2) is 9.17. The van der Waals surface area contributed by atoms with Crippen molar-refractivity contribution < 1.29 is 19.4 Å². The SMILES string of the molecule is COc1ccc(CNC(=O)Nc2ccc(CCNC(=O)O)cc2)cc1. The summed E-state index contributed by atoms with van der Waals surface area (Å²) in [5, 5.41) is 16.4. The Labute approximate surface area is 146 Å². The van der Waals surface area contributed by atoms with Crippen molar-refractivity contribution in [3.8, 4) is 5.75 Å². The zero-order valence-corrected chi connectivity index (χ0v) is 13.9. The van der Waals surface area contributed by atoms with E-state index in [9.17, 15) is 9.59 Å². The van der Waals surface area contributed by atoms with Gasteiger partial charge in [-0.25, -0.2) is 9.59 Å². The Morgan fingerprint density at radius 2 is 1.60 bits per heavy atom. The molecule has 0 bridgehead atoms. The van der Waals surface area contributed by atoms with Crippen LogP contribution in [0.5, 0.6) is 5.75 Å². The van der Waals surface area contributed by atoms with Gasteiger partial charge in [-0.2, -0.15) is 0 Å². The molecule has 0 atom stereocenters. The van der Waals surface area contributed by atoms with Gasteiger partial charge in [-0.1, -0.05) is 24.3 Å². The van der Waals surface area contributed by atoms with Crippen LogP contribution >= 0.6 is 0 Å². The number of anilines is 1. The molecule has 3 amide bonds. The number of rotatable bonds is 7. The Hall–Kier alpha value is -3.22. The molecule has 0 unspecified atom stereocenters. The van der Waals surface area contributed by atoms with E-state index in [0.717, 1.165) is 16.9 Å². The molecule has 0 saturated carbocycles. The van der Waals surface area contributed by atoms with Crippen LogP contribution in [0.1, 0.15) is 11.1 Å². The number of carbonyl (C=O) groups is 2. The van der Waals surface area contributed by atoms with Crippen LogP contribution in [0.25, 0.3) is 0 Å². The Morgan fingerprint density at radius 1 is 0.960 bits per heavy atom. The van der Waals surface area contributed by atoms with Crippen molar-refractivity contribution in [1.82, 2.24) is 10.6 Å². The molecule has 2 aromatic rings. The van der Waals surface area contributed by atoms with E-state index in [0.29, 0.717) is 25.2 Å². The van der Waals surface area contributed by atoms with Crippen molar-refractivity contribution in [3.63, 3.8) is 0 Å². The van der Waals surface area contributed by atoms with Crippen LogP contribution in [0.4, 0.5) is 15.3 Å². The van der Waals surface area contributed by atoms with Gasteiger partial charge in [-0.3, -0.25) is 0 Å². The Balaban J connectivity index is 1.76. The summed E-state index contributed by atoms with van der Waals surface area (Å²) in [6.45, 7) is 0.763. The Morgan fingerprint density at radius 3 is 2.20 bits per heavy atom. The van der Waals surface area contributed by atoms with Gasteiger partial charge in [0.2, 0.25) is 0 Å². The summed E-state index contributed by atoms with van der Waals surface area (Å²) in [5.41, 5.74) is 2.62. The van der Waals surface area contributed by atoms with Crippen molar-refractivity contribution in [2.75, 3.05) is 19.0 Å². The van der Waals surface area contributed by atoms with Gasteiger partial charge in [-0.15, -0.1) is 0 Å². The molecule has 2 rings (SSSR count). The third-order valence-electron chi connectivity index (χ3n) is 3.51. The quantitative estimate of drug-likeness (QED) is 0.621. The summed E-state index contributed by atoms with van der Waals surface area (Å²) >= 11 is 0. The summed E-state index contributed by atoms with van der Waals surface area (Å²) in [7, 11) is 1.61. The first-order chi connectivity index (χ1) is 12.1. The highest BCUT2D eigenvalue weighted by molar-refractivity contribution is 5.89. The number of nitrogens with one attached hydrogen (secondary N) is 3. The first kappa shape index (κ1) is 18.1. The second-order valence-electron chi connectivity index (χ2n) is 5.33. The molecule has 0 fully saturated rings. The summed E-state index contributed by atoms with van der Waals surface area (Å²) in [5.74, 6) is 0.770. The van der Waals surface area contributed by atoms with Crippen LogP contribution in [0, 0.1) is 0 Å². The summed E-state index contributed by atoms with van der Waals surface area (Å²) in [6, 6.07) is 14.4. The van der Waals surface area contributed by atoms with E-state index in [-0.39, 0.29) is 6.03 Å². The van der Waals surface area contributed by atoms with E-state index in [2.05, 4.69) is 16.0 Å². The van der Waals surface area contributed by atoms with Gasteiger partial charge < -0.3 is 25.8 Å². The smallest absolute Gasteiger partial charge is 0.404 e. The lowest BCUT2D eigenvalue weighted by molar-refractivity contribution is 0.194. The second-order valence-corrected chi connectivity index (χ2v) is 5.33. The van der Waals surface area contributed by atoms with Crippen molar-refractivity contribution in [3.05, 3.63) is 59.7 Å². The molecule has 25 heavy (non-hydrogen) atoms. The molecule has 0 aliphatic rings. The van der Waals surface area contributed by atoms with Crippen LogP contribution in [-0.2, 0) is 13.0 Å². The van der Waals surface area contributed by atoms with Crippen LogP contribution in [0.2, 0.25) is 0 Å². The van der Waals surface area contributed by atoms with Gasteiger partial charge in [0, 0.05) is 18.8 Å². The van der Waals surface area contributed by atoms with Crippen LogP contribution < -0.4 is 20.7 Å².